The van der Waals surface area contributed by atoms with Gasteiger partial charge < -0.3 is 0 Å². The van der Waals surface area contributed by atoms with E-state index < -0.39 is 0 Å². The van der Waals surface area contributed by atoms with Crippen LogP contribution in [0, 0.1) is 0 Å². The summed E-state index contributed by atoms with van der Waals surface area (Å²) in [5, 5.41) is 0. The van der Waals surface area contributed by atoms with E-state index >= 15 is 0 Å². The summed E-state index contributed by atoms with van der Waals surface area (Å²) in [7, 11) is 0. The fourth-order valence-corrected chi connectivity index (χ4v) is 2.94. The number of aliphatic imine (C=N–C) groups is 1. The van der Waals surface area contributed by atoms with Gasteiger partial charge in [-0.2, -0.15) is 0 Å². The van der Waals surface area contributed by atoms with Gasteiger partial charge in [-0.1, -0.05) is 73.5 Å². The highest BCUT2D eigenvalue weighted by Gasteiger charge is 2.34. The Morgan fingerprint density at radius 3 is 2.00 bits per heavy atom. The Morgan fingerprint density at radius 1 is 0.789 bits per heavy atom. The van der Waals surface area contributed by atoms with Crippen molar-refractivity contribution in [3.63, 3.8) is 0 Å². The van der Waals surface area contributed by atoms with Gasteiger partial charge in [-0.15, -0.1) is 0 Å². The Kier molecular flexibility index (Phi) is 3.45. The highest BCUT2D eigenvalue weighted by molar-refractivity contribution is 5.79. The molecule has 0 unspecified atom stereocenters. The predicted octanol–water partition coefficient (Wildman–Crippen LogP) is 4.58. The first kappa shape index (κ1) is 12.2. The maximum Gasteiger partial charge on any atom is 0.0856 e. The molecule has 19 heavy (non-hydrogen) atoms. The number of nitrogens with zero attached hydrogens (tertiary/aromatic N) is 1. The third-order valence-corrected chi connectivity index (χ3v) is 4.00. The van der Waals surface area contributed by atoms with Crippen molar-refractivity contribution in [3.05, 3.63) is 71.8 Å². The van der Waals surface area contributed by atoms with E-state index in [-0.39, 0.29) is 5.54 Å². The molecule has 0 spiro atoms. The molecule has 0 N–H and O–H groups in total. The van der Waals surface area contributed by atoms with Crippen LogP contribution in [-0.4, -0.2) is 6.21 Å². The zero-order valence-corrected chi connectivity index (χ0v) is 11.1. The standard InChI is InChI=1S/C18H19N/c1-3-9-16(10-4-1)15-19-18(13-7-8-14-18)17-11-5-2-6-12-17/h1-6,9-12,15H,7-8,13-14H2. The summed E-state index contributed by atoms with van der Waals surface area (Å²) in [6, 6.07) is 21.1. The molecule has 2 aromatic rings. The molecular weight excluding hydrogens is 230 g/mol. The number of hydrogen-bond donors (Lipinski definition) is 0. The molecule has 1 nitrogen and oxygen atoms in total. The maximum atomic E-state index is 4.97. The average molecular weight is 249 g/mol. The molecule has 0 radical (unpaired) electrons. The fourth-order valence-electron chi connectivity index (χ4n) is 2.94. The lowest BCUT2D eigenvalue weighted by Gasteiger charge is -2.24. The molecular formula is C18H19N. The minimum Gasteiger partial charge on any atom is -0.281 e. The zero-order valence-electron chi connectivity index (χ0n) is 11.1. The SMILES string of the molecule is C(=NC1(c2ccccc2)CCCC1)c1ccccc1. The molecule has 1 aliphatic carbocycles. The minimum absolute atomic E-state index is 0.0110. The Morgan fingerprint density at radius 2 is 1.37 bits per heavy atom. The molecule has 0 aromatic heterocycles. The lowest BCUT2D eigenvalue weighted by atomic mass is 9.89. The molecule has 1 saturated carbocycles. The molecule has 0 amide bonds. The van der Waals surface area contributed by atoms with Gasteiger partial charge in [0.05, 0.1) is 5.54 Å². The zero-order chi connectivity index (χ0) is 13.0. The van der Waals surface area contributed by atoms with Crippen LogP contribution < -0.4 is 0 Å². The van der Waals surface area contributed by atoms with Crippen LogP contribution in [0.5, 0.6) is 0 Å². The molecule has 0 atom stereocenters. The molecule has 0 heterocycles. The van der Waals surface area contributed by atoms with Crippen LogP contribution >= 0.6 is 0 Å². The van der Waals surface area contributed by atoms with Crippen LogP contribution in [0.2, 0.25) is 0 Å². The molecule has 0 aliphatic heterocycles. The van der Waals surface area contributed by atoms with Crippen molar-refractivity contribution in [2.24, 2.45) is 4.99 Å². The van der Waals surface area contributed by atoms with Crippen molar-refractivity contribution in [2.75, 3.05) is 0 Å². The van der Waals surface area contributed by atoms with E-state index in [1.54, 1.807) is 0 Å². The Hall–Kier alpha value is -1.89. The second-order valence-electron chi connectivity index (χ2n) is 5.27. The Balaban J connectivity index is 1.92. The van der Waals surface area contributed by atoms with Crippen molar-refractivity contribution in [3.8, 4) is 0 Å². The van der Waals surface area contributed by atoms with Gasteiger partial charge in [0.2, 0.25) is 0 Å². The van der Waals surface area contributed by atoms with E-state index in [9.17, 15) is 0 Å². The lowest BCUT2D eigenvalue weighted by Crippen LogP contribution is -2.19. The average Bonchev–Trinajstić information content (AvgIpc) is 2.97. The third kappa shape index (κ3) is 2.60. The summed E-state index contributed by atoms with van der Waals surface area (Å²) < 4.78 is 0. The highest BCUT2D eigenvalue weighted by Crippen LogP contribution is 2.42. The van der Waals surface area contributed by atoms with E-state index in [0.717, 1.165) is 0 Å². The Bertz CT molecular complexity index is 536. The van der Waals surface area contributed by atoms with E-state index in [1.807, 2.05) is 12.3 Å². The molecule has 1 fully saturated rings. The first-order valence-corrected chi connectivity index (χ1v) is 7.05. The summed E-state index contributed by atoms with van der Waals surface area (Å²) in [6.07, 6.45) is 6.93. The van der Waals surface area contributed by atoms with E-state index in [1.165, 1.54) is 36.8 Å². The van der Waals surface area contributed by atoms with Crippen LogP contribution in [0.25, 0.3) is 0 Å². The van der Waals surface area contributed by atoms with Crippen LogP contribution in [-0.2, 0) is 5.54 Å². The number of hydrogen-bond acceptors (Lipinski definition) is 1. The van der Waals surface area contributed by atoms with Gasteiger partial charge in [0.25, 0.3) is 0 Å². The van der Waals surface area contributed by atoms with Crippen molar-refractivity contribution in [1.29, 1.82) is 0 Å². The second-order valence-corrected chi connectivity index (χ2v) is 5.27. The molecule has 0 bridgehead atoms. The molecule has 0 saturated heterocycles. The van der Waals surface area contributed by atoms with E-state index in [2.05, 4.69) is 54.6 Å². The smallest absolute Gasteiger partial charge is 0.0856 e. The predicted molar refractivity (Wildman–Crippen MR) is 80.6 cm³/mol. The van der Waals surface area contributed by atoms with Crippen molar-refractivity contribution in [2.45, 2.75) is 31.2 Å². The Labute approximate surface area is 115 Å². The van der Waals surface area contributed by atoms with Crippen molar-refractivity contribution >= 4 is 6.21 Å². The minimum atomic E-state index is 0.0110. The first-order valence-electron chi connectivity index (χ1n) is 7.05. The van der Waals surface area contributed by atoms with Gasteiger partial charge in [-0.25, -0.2) is 0 Å². The second kappa shape index (κ2) is 5.40. The summed E-state index contributed by atoms with van der Waals surface area (Å²) in [5.41, 5.74) is 2.56. The molecule has 1 aliphatic rings. The van der Waals surface area contributed by atoms with Crippen LogP contribution in [0.1, 0.15) is 36.8 Å². The summed E-state index contributed by atoms with van der Waals surface area (Å²) >= 11 is 0. The van der Waals surface area contributed by atoms with Gasteiger partial charge in [0, 0.05) is 6.21 Å². The lowest BCUT2D eigenvalue weighted by molar-refractivity contribution is 0.468. The van der Waals surface area contributed by atoms with Gasteiger partial charge in [0.1, 0.15) is 0 Å². The van der Waals surface area contributed by atoms with Gasteiger partial charge >= 0.3 is 0 Å². The normalized spacial score (nSPS) is 17.9. The van der Waals surface area contributed by atoms with Gasteiger partial charge in [-0.3, -0.25) is 4.99 Å². The van der Waals surface area contributed by atoms with Crippen LogP contribution in [0.4, 0.5) is 0 Å². The molecule has 3 rings (SSSR count). The topological polar surface area (TPSA) is 12.4 Å². The van der Waals surface area contributed by atoms with Gasteiger partial charge in [0.15, 0.2) is 0 Å². The van der Waals surface area contributed by atoms with E-state index in [0.29, 0.717) is 0 Å². The highest BCUT2D eigenvalue weighted by atomic mass is 14.9. The van der Waals surface area contributed by atoms with Crippen LogP contribution in [0.15, 0.2) is 65.7 Å². The maximum absolute atomic E-state index is 4.97. The molecule has 1 heteroatoms. The quantitative estimate of drug-likeness (QED) is 0.706. The number of rotatable bonds is 3. The summed E-state index contributed by atoms with van der Waals surface area (Å²) in [6.45, 7) is 0. The van der Waals surface area contributed by atoms with Crippen molar-refractivity contribution in [1.82, 2.24) is 0 Å². The monoisotopic (exact) mass is 249 g/mol. The molecule has 96 valence electrons. The fraction of sp³-hybridized carbons (Fsp3) is 0.278. The summed E-state index contributed by atoms with van der Waals surface area (Å²) in [5.74, 6) is 0. The molecule has 2 aromatic carbocycles. The van der Waals surface area contributed by atoms with Crippen molar-refractivity contribution < 1.29 is 0 Å². The largest absolute Gasteiger partial charge is 0.281 e. The number of benzene rings is 2. The third-order valence-electron chi connectivity index (χ3n) is 4.00. The summed E-state index contributed by atoms with van der Waals surface area (Å²) in [4.78, 5) is 4.97. The van der Waals surface area contributed by atoms with Gasteiger partial charge in [-0.05, 0) is 24.0 Å². The van der Waals surface area contributed by atoms with E-state index in [4.69, 9.17) is 4.99 Å². The van der Waals surface area contributed by atoms with Crippen LogP contribution in [0.3, 0.4) is 0 Å². The first-order chi connectivity index (χ1) is 9.39.